The van der Waals surface area contributed by atoms with Crippen LogP contribution in [-0.2, 0) is 22.6 Å². The summed E-state index contributed by atoms with van der Waals surface area (Å²) in [5.74, 6) is 0.282. The van der Waals surface area contributed by atoms with E-state index in [9.17, 15) is 9.59 Å². The number of hydrogen-bond acceptors (Lipinski definition) is 7. The minimum atomic E-state index is -0.242. The van der Waals surface area contributed by atoms with Crippen molar-refractivity contribution in [2.75, 3.05) is 16.4 Å². The molecule has 0 aliphatic carbocycles. The predicted octanol–water partition coefficient (Wildman–Crippen LogP) is 3.94. The molecular formula is C19H21ClN6O2S2. The molecule has 3 aromatic rings. The van der Waals surface area contributed by atoms with E-state index in [2.05, 4.69) is 25.8 Å². The van der Waals surface area contributed by atoms with Gasteiger partial charge in [-0.2, -0.15) is 0 Å². The summed E-state index contributed by atoms with van der Waals surface area (Å²) in [6.07, 6.45) is 0.0521. The average Bonchev–Trinajstić information content (AvgIpc) is 3.23. The number of thioether (sulfide) groups is 1. The van der Waals surface area contributed by atoms with Crippen molar-refractivity contribution >= 4 is 57.3 Å². The zero-order valence-electron chi connectivity index (χ0n) is 16.7. The molecule has 2 aromatic heterocycles. The Morgan fingerprint density at radius 1 is 1.17 bits per heavy atom. The third-order valence-corrected chi connectivity index (χ3v) is 6.47. The first-order valence-electron chi connectivity index (χ1n) is 9.20. The van der Waals surface area contributed by atoms with Gasteiger partial charge < -0.3 is 15.2 Å². The lowest BCUT2D eigenvalue weighted by atomic mass is 10.3. The average molecular weight is 465 g/mol. The van der Waals surface area contributed by atoms with Gasteiger partial charge in [-0.25, -0.2) is 4.98 Å². The number of anilines is 2. The Morgan fingerprint density at radius 3 is 2.60 bits per heavy atom. The van der Waals surface area contributed by atoms with Gasteiger partial charge in [0.1, 0.15) is 5.82 Å². The molecule has 0 unspecified atom stereocenters. The summed E-state index contributed by atoms with van der Waals surface area (Å²) in [6, 6.07) is 7.03. The third-order valence-electron chi connectivity index (χ3n) is 4.18. The number of thiazole rings is 1. The van der Waals surface area contributed by atoms with Crippen molar-refractivity contribution in [2.45, 2.75) is 38.9 Å². The van der Waals surface area contributed by atoms with Crippen molar-refractivity contribution in [1.29, 1.82) is 0 Å². The molecule has 30 heavy (non-hydrogen) atoms. The first kappa shape index (κ1) is 22.3. The van der Waals surface area contributed by atoms with Gasteiger partial charge in [0.05, 0.1) is 28.6 Å². The van der Waals surface area contributed by atoms with Crippen LogP contribution < -0.4 is 10.6 Å². The Balaban J connectivity index is 1.58. The fraction of sp³-hybridized carbons (Fsp3) is 0.316. The number of amides is 2. The van der Waals surface area contributed by atoms with E-state index in [4.69, 9.17) is 11.6 Å². The van der Waals surface area contributed by atoms with Crippen LogP contribution in [0.15, 0.2) is 29.4 Å². The zero-order valence-corrected chi connectivity index (χ0v) is 19.1. The number of aryl methyl sites for hydroxylation is 2. The standard InChI is InChI=1S/C19H21ClN6O2S2/c1-4-26-15(9-16(27)22-14-8-6-5-7-13(14)20)24-25-19(26)29-10-17(28)23-18-21-11(2)12(3)30-18/h5-8H,4,9-10H2,1-3H3,(H,22,27)(H,21,23,28). The number of nitrogens with one attached hydrogen (secondary N) is 2. The number of nitrogens with zero attached hydrogens (tertiary/aromatic N) is 4. The van der Waals surface area contributed by atoms with Crippen LogP contribution >= 0.6 is 34.7 Å². The summed E-state index contributed by atoms with van der Waals surface area (Å²) < 4.78 is 1.82. The van der Waals surface area contributed by atoms with Crippen molar-refractivity contribution < 1.29 is 9.59 Å². The van der Waals surface area contributed by atoms with Crippen molar-refractivity contribution in [2.24, 2.45) is 0 Å². The summed E-state index contributed by atoms with van der Waals surface area (Å²) in [6.45, 7) is 6.38. The smallest absolute Gasteiger partial charge is 0.236 e. The molecule has 1 aromatic carbocycles. The Labute approximate surface area is 187 Å². The van der Waals surface area contributed by atoms with Gasteiger partial charge in [-0.05, 0) is 32.9 Å². The lowest BCUT2D eigenvalue weighted by Crippen LogP contribution is -2.18. The number of carbonyl (C=O) groups excluding carboxylic acids is 2. The van der Waals surface area contributed by atoms with Crippen LogP contribution in [0.1, 0.15) is 23.3 Å². The highest BCUT2D eigenvalue weighted by molar-refractivity contribution is 7.99. The summed E-state index contributed by atoms with van der Waals surface area (Å²) >= 11 is 8.79. The molecule has 0 saturated carbocycles. The van der Waals surface area contributed by atoms with Crippen LogP contribution in [-0.4, -0.2) is 37.3 Å². The van der Waals surface area contributed by atoms with Gasteiger partial charge in [-0.1, -0.05) is 35.5 Å². The molecular weight excluding hydrogens is 444 g/mol. The van der Waals surface area contributed by atoms with E-state index in [0.29, 0.717) is 33.4 Å². The van der Waals surface area contributed by atoms with Crippen LogP contribution in [0.3, 0.4) is 0 Å². The Hall–Kier alpha value is -2.43. The summed E-state index contributed by atoms with van der Waals surface area (Å²) in [5.41, 5.74) is 1.46. The van der Waals surface area contributed by atoms with Gasteiger partial charge in [-0.3, -0.25) is 9.59 Å². The highest BCUT2D eigenvalue weighted by atomic mass is 35.5. The molecule has 0 radical (unpaired) electrons. The minimum absolute atomic E-state index is 0.0521. The van der Waals surface area contributed by atoms with Gasteiger partial charge in [0.15, 0.2) is 10.3 Å². The van der Waals surface area contributed by atoms with Crippen molar-refractivity contribution in [3.8, 4) is 0 Å². The van der Waals surface area contributed by atoms with Crippen molar-refractivity contribution in [3.05, 3.63) is 45.7 Å². The molecule has 0 spiro atoms. The monoisotopic (exact) mass is 464 g/mol. The lowest BCUT2D eigenvalue weighted by molar-refractivity contribution is -0.116. The molecule has 8 nitrogen and oxygen atoms in total. The Bertz CT molecular complexity index is 1050. The topological polar surface area (TPSA) is 102 Å². The molecule has 0 bridgehead atoms. The lowest BCUT2D eigenvalue weighted by Gasteiger charge is -2.09. The molecule has 0 saturated heterocycles. The predicted molar refractivity (Wildman–Crippen MR) is 120 cm³/mol. The van der Waals surface area contributed by atoms with Gasteiger partial charge in [0.25, 0.3) is 0 Å². The molecule has 2 N–H and O–H groups in total. The second-order valence-corrected chi connectivity index (χ2v) is 8.90. The number of benzene rings is 1. The van der Waals surface area contributed by atoms with Crippen LogP contribution in [0.4, 0.5) is 10.8 Å². The summed E-state index contributed by atoms with van der Waals surface area (Å²) in [4.78, 5) is 30.0. The number of carbonyl (C=O) groups is 2. The number of para-hydroxylation sites is 1. The maximum atomic E-state index is 12.4. The maximum Gasteiger partial charge on any atom is 0.236 e. The quantitative estimate of drug-likeness (QED) is 0.489. The van der Waals surface area contributed by atoms with Crippen molar-refractivity contribution in [1.82, 2.24) is 19.7 Å². The molecule has 0 aliphatic rings. The fourth-order valence-electron chi connectivity index (χ4n) is 2.59. The van der Waals surface area contributed by atoms with E-state index in [1.165, 1.54) is 23.1 Å². The molecule has 11 heteroatoms. The van der Waals surface area contributed by atoms with E-state index >= 15 is 0 Å². The van der Waals surface area contributed by atoms with Gasteiger partial charge in [0, 0.05) is 11.4 Å². The molecule has 0 atom stereocenters. The minimum Gasteiger partial charge on any atom is -0.324 e. The molecule has 2 amide bonds. The van der Waals surface area contributed by atoms with Gasteiger partial charge in [-0.15, -0.1) is 21.5 Å². The van der Waals surface area contributed by atoms with Crippen LogP contribution in [0.2, 0.25) is 5.02 Å². The first-order chi connectivity index (χ1) is 14.4. The molecule has 158 valence electrons. The van der Waals surface area contributed by atoms with Crippen molar-refractivity contribution in [3.63, 3.8) is 0 Å². The molecule has 0 fully saturated rings. The largest absolute Gasteiger partial charge is 0.324 e. The van der Waals surface area contributed by atoms with E-state index in [0.717, 1.165) is 10.6 Å². The third kappa shape index (κ3) is 5.59. The molecule has 3 rings (SSSR count). The number of hydrogen-bond donors (Lipinski definition) is 2. The van der Waals surface area contributed by atoms with E-state index in [1.54, 1.807) is 24.3 Å². The number of aromatic nitrogens is 4. The van der Waals surface area contributed by atoms with E-state index in [1.807, 2.05) is 25.3 Å². The second kappa shape index (κ2) is 10.1. The highest BCUT2D eigenvalue weighted by Gasteiger charge is 2.17. The van der Waals surface area contributed by atoms with E-state index < -0.39 is 0 Å². The maximum absolute atomic E-state index is 12.4. The SMILES string of the molecule is CCn1c(CC(=O)Nc2ccccc2Cl)nnc1SCC(=O)Nc1nc(C)c(C)s1. The zero-order chi connectivity index (χ0) is 21.7. The van der Waals surface area contributed by atoms with Crippen LogP contribution in [0, 0.1) is 13.8 Å². The van der Waals surface area contributed by atoms with E-state index in [-0.39, 0.29) is 24.0 Å². The Kier molecular flexibility index (Phi) is 7.46. The van der Waals surface area contributed by atoms with Crippen LogP contribution in [0.25, 0.3) is 0 Å². The summed E-state index contributed by atoms with van der Waals surface area (Å²) in [5, 5.41) is 15.5. The fourth-order valence-corrected chi connectivity index (χ4v) is 4.42. The number of halogens is 1. The Morgan fingerprint density at radius 2 is 1.93 bits per heavy atom. The summed E-state index contributed by atoms with van der Waals surface area (Å²) in [7, 11) is 0. The molecule has 0 aliphatic heterocycles. The van der Waals surface area contributed by atoms with Gasteiger partial charge >= 0.3 is 0 Å². The number of rotatable bonds is 8. The normalized spacial score (nSPS) is 10.8. The van der Waals surface area contributed by atoms with Crippen LogP contribution in [0.5, 0.6) is 0 Å². The molecule has 2 heterocycles. The first-order valence-corrected chi connectivity index (χ1v) is 11.4. The van der Waals surface area contributed by atoms with Gasteiger partial charge in [0.2, 0.25) is 11.8 Å². The highest BCUT2D eigenvalue weighted by Crippen LogP contribution is 2.23. The second-order valence-electron chi connectivity index (χ2n) is 6.35.